The lowest BCUT2D eigenvalue weighted by molar-refractivity contribution is 0.608. The summed E-state index contributed by atoms with van der Waals surface area (Å²) in [4.78, 5) is 13.3. The maximum Gasteiger partial charge on any atom is 0.191 e. The van der Waals surface area contributed by atoms with Gasteiger partial charge in [-0.15, -0.1) is 0 Å². The van der Waals surface area contributed by atoms with Gasteiger partial charge in [-0.05, 0) is 61.8 Å². The summed E-state index contributed by atoms with van der Waals surface area (Å²) >= 11 is 0. The molecule has 4 aromatic rings. The predicted octanol–water partition coefficient (Wildman–Crippen LogP) is 7.41. The van der Waals surface area contributed by atoms with Crippen molar-refractivity contribution in [1.82, 2.24) is 4.57 Å². The normalized spacial score (nSPS) is 11.1. The third-order valence-electron chi connectivity index (χ3n) is 6.75. The zero-order valence-corrected chi connectivity index (χ0v) is 21.0. The molecule has 0 bridgehead atoms. The van der Waals surface area contributed by atoms with Crippen molar-refractivity contribution in [3.63, 3.8) is 0 Å². The zero-order valence-electron chi connectivity index (χ0n) is 21.0. The molecule has 0 radical (unpaired) electrons. The van der Waals surface area contributed by atoms with E-state index in [0.29, 0.717) is 0 Å². The highest BCUT2D eigenvalue weighted by Gasteiger charge is 2.12. The summed E-state index contributed by atoms with van der Waals surface area (Å²) in [6, 6.07) is 29.4. The van der Waals surface area contributed by atoms with Gasteiger partial charge in [-0.2, -0.15) is 0 Å². The molecule has 182 valence electrons. The molecule has 0 spiro atoms. The van der Waals surface area contributed by atoms with E-state index >= 15 is 0 Å². The van der Waals surface area contributed by atoms with Gasteiger partial charge in [0.05, 0.1) is 10.9 Å². The molecule has 0 unspecified atom stereocenters. The molecule has 4 rings (SSSR count). The van der Waals surface area contributed by atoms with Crippen LogP contribution in [-0.4, -0.2) is 11.1 Å². The Balaban J connectivity index is 1.54. The van der Waals surface area contributed by atoms with Crippen LogP contribution >= 0.6 is 0 Å². The van der Waals surface area contributed by atoms with Gasteiger partial charge in [-0.25, -0.2) is 0 Å². The Hall–Kier alpha value is -3.33. The number of pyridine rings is 1. The number of benzene rings is 3. The number of hydrogen-bond acceptors (Lipinski definition) is 2. The molecule has 3 nitrogen and oxygen atoms in total. The fourth-order valence-corrected chi connectivity index (χ4v) is 4.90. The minimum Gasteiger partial charge on any atom is -0.384 e. The van der Waals surface area contributed by atoms with Crippen LogP contribution in [-0.2, 0) is 25.8 Å². The number of hydrogen-bond donors (Lipinski definition) is 1. The molecule has 1 heterocycles. The summed E-state index contributed by atoms with van der Waals surface area (Å²) in [7, 11) is 0. The smallest absolute Gasteiger partial charge is 0.191 e. The molecule has 35 heavy (non-hydrogen) atoms. The van der Waals surface area contributed by atoms with Gasteiger partial charge in [0.25, 0.3) is 0 Å². The Labute approximate surface area is 209 Å². The highest BCUT2D eigenvalue weighted by molar-refractivity contribution is 5.91. The first-order valence-electron chi connectivity index (χ1n) is 13.2. The average molecular weight is 467 g/mol. The molecule has 0 aliphatic carbocycles. The molecule has 0 aliphatic heterocycles. The molecule has 0 saturated carbocycles. The molecule has 1 N–H and O–H groups in total. The number of nitrogens with zero attached hydrogens (tertiary/aromatic N) is 1. The molecule has 0 atom stereocenters. The third-order valence-corrected chi connectivity index (χ3v) is 6.75. The lowest BCUT2D eigenvalue weighted by atomic mass is 10.1. The van der Waals surface area contributed by atoms with Crippen molar-refractivity contribution in [1.29, 1.82) is 0 Å². The lowest BCUT2D eigenvalue weighted by Gasteiger charge is -2.19. The van der Waals surface area contributed by atoms with Gasteiger partial charge in [0.15, 0.2) is 5.43 Å². The van der Waals surface area contributed by atoms with Crippen molar-refractivity contribution in [2.45, 2.75) is 64.8 Å². The highest BCUT2D eigenvalue weighted by Crippen LogP contribution is 2.23. The summed E-state index contributed by atoms with van der Waals surface area (Å²) in [5.41, 5.74) is 6.04. The van der Waals surface area contributed by atoms with E-state index in [-0.39, 0.29) is 5.43 Å². The first-order chi connectivity index (χ1) is 17.3. The molecule has 1 aromatic heterocycles. The van der Waals surface area contributed by atoms with Crippen molar-refractivity contribution < 1.29 is 0 Å². The van der Waals surface area contributed by atoms with Gasteiger partial charge in [0, 0.05) is 30.5 Å². The zero-order chi connectivity index (χ0) is 24.3. The monoisotopic (exact) mass is 466 g/mol. The predicted molar refractivity (Wildman–Crippen MR) is 149 cm³/mol. The maximum absolute atomic E-state index is 13.3. The van der Waals surface area contributed by atoms with Crippen molar-refractivity contribution in [3.8, 4) is 0 Å². The van der Waals surface area contributed by atoms with Crippen LogP contribution < -0.4 is 10.7 Å². The first kappa shape index (κ1) is 24.8. The number of aromatic nitrogens is 1. The molecule has 0 amide bonds. The van der Waals surface area contributed by atoms with Crippen molar-refractivity contribution in [3.05, 3.63) is 112 Å². The number of rotatable bonds is 13. The summed E-state index contributed by atoms with van der Waals surface area (Å²) in [6.45, 7) is 3.99. The SMILES string of the molecule is CCCCCc1cc(=O)c2c(NCCCc3ccccc3)cccc2n1CCCc1ccccc1. The highest BCUT2D eigenvalue weighted by atomic mass is 16.1. The summed E-state index contributed by atoms with van der Waals surface area (Å²) in [6.07, 6.45) is 8.61. The molecule has 0 aliphatic rings. The van der Waals surface area contributed by atoms with E-state index in [9.17, 15) is 4.79 Å². The van der Waals surface area contributed by atoms with Crippen molar-refractivity contribution in [2.24, 2.45) is 0 Å². The third kappa shape index (κ3) is 6.85. The molecular weight excluding hydrogens is 428 g/mol. The van der Waals surface area contributed by atoms with E-state index in [4.69, 9.17) is 0 Å². The summed E-state index contributed by atoms with van der Waals surface area (Å²) < 4.78 is 2.41. The van der Waals surface area contributed by atoms with Crippen LogP contribution in [0.15, 0.2) is 89.7 Å². The van der Waals surface area contributed by atoms with E-state index < -0.39 is 0 Å². The van der Waals surface area contributed by atoms with Gasteiger partial charge in [-0.3, -0.25) is 4.79 Å². The molecule has 0 fully saturated rings. The van der Waals surface area contributed by atoms with Crippen LogP contribution in [0.4, 0.5) is 5.69 Å². The van der Waals surface area contributed by atoms with Gasteiger partial charge < -0.3 is 9.88 Å². The van der Waals surface area contributed by atoms with Crippen LogP contribution in [0.1, 0.15) is 55.8 Å². The van der Waals surface area contributed by atoms with Crippen LogP contribution in [0.5, 0.6) is 0 Å². The number of nitrogens with one attached hydrogen (secondary N) is 1. The second-order valence-corrected chi connectivity index (χ2v) is 9.41. The molecular formula is C32H38N2O. The van der Waals surface area contributed by atoms with Crippen LogP contribution in [0.2, 0.25) is 0 Å². The minimum atomic E-state index is 0.136. The molecule has 3 aromatic carbocycles. The Morgan fingerprint density at radius 1 is 0.714 bits per heavy atom. The van der Waals surface area contributed by atoms with Crippen molar-refractivity contribution >= 4 is 16.6 Å². The van der Waals surface area contributed by atoms with Crippen molar-refractivity contribution in [2.75, 3.05) is 11.9 Å². The average Bonchev–Trinajstić information content (AvgIpc) is 2.89. The first-order valence-corrected chi connectivity index (χ1v) is 13.2. The van der Waals surface area contributed by atoms with Crippen LogP contribution in [0, 0.1) is 0 Å². The Kier molecular flexibility index (Phi) is 9.17. The van der Waals surface area contributed by atoms with E-state index in [1.807, 2.05) is 6.07 Å². The summed E-state index contributed by atoms with van der Waals surface area (Å²) in [5.74, 6) is 0. The second-order valence-electron chi connectivity index (χ2n) is 9.41. The number of fused-ring (bicyclic) bond motifs is 1. The minimum absolute atomic E-state index is 0.136. The maximum atomic E-state index is 13.3. The summed E-state index contributed by atoms with van der Waals surface area (Å²) in [5, 5.41) is 4.39. The topological polar surface area (TPSA) is 34.0 Å². The van der Waals surface area contributed by atoms with E-state index in [1.165, 1.54) is 29.7 Å². The Morgan fingerprint density at radius 2 is 1.40 bits per heavy atom. The van der Waals surface area contributed by atoms with Crippen LogP contribution in [0.25, 0.3) is 10.9 Å². The van der Waals surface area contributed by atoms with E-state index in [0.717, 1.165) is 68.2 Å². The second kappa shape index (κ2) is 12.9. The number of aryl methyl sites for hydroxylation is 4. The molecule has 0 saturated heterocycles. The van der Waals surface area contributed by atoms with E-state index in [2.05, 4.69) is 95.7 Å². The van der Waals surface area contributed by atoms with E-state index in [1.54, 1.807) is 0 Å². The van der Waals surface area contributed by atoms with Gasteiger partial charge in [0.2, 0.25) is 0 Å². The Bertz CT molecular complexity index is 1250. The number of unbranched alkanes of at least 4 members (excludes halogenated alkanes) is 2. The van der Waals surface area contributed by atoms with Crippen LogP contribution in [0.3, 0.4) is 0 Å². The lowest BCUT2D eigenvalue weighted by Crippen LogP contribution is -2.17. The Morgan fingerprint density at radius 3 is 2.09 bits per heavy atom. The standard InChI is InChI=1S/C32H38N2O/c1-2-3-6-20-28-25-31(35)32-29(33-23-12-18-26-14-7-4-8-15-26)21-11-22-30(32)34(28)24-13-19-27-16-9-5-10-17-27/h4-5,7-11,14-17,21-22,25,33H,2-3,6,12-13,18-20,23-24H2,1H3. The fraction of sp³-hybridized carbons (Fsp3) is 0.344. The fourth-order valence-electron chi connectivity index (χ4n) is 4.90. The number of anilines is 1. The van der Waals surface area contributed by atoms with Gasteiger partial charge in [0.1, 0.15) is 0 Å². The quantitative estimate of drug-likeness (QED) is 0.208. The largest absolute Gasteiger partial charge is 0.384 e. The molecule has 3 heteroatoms. The van der Waals surface area contributed by atoms with Gasteiger partial charge >= 0.3 is 0 Å². The van der Waals surface area contributed by atoms with Gasteiger partial charge in [-0.1, -0.05) is 86.5 Å².